The lowest BCUT2D eigenvalue weighted by molar-refractivity contribution is 0.0683. The Kier molecular flexibility index (Phi) is 3.99. The first-order chi connectivity index (χ1) is 11.8. The lowest BCUT2D eigenvalue weighted by atomic mass is 9.96. The Bertz CT molecular complexity index is 835. The van der Waals surface area contributed by atoms with Crippen LogP contribution in [0.2, 0.25) is 0 Å². The predicted octanol–water partition coefficient (Wildman–Crippen LogP) is 2.98. The van der Waals surface area contributed by atoms with E-state index in [2.05, 4.69) is 26.7 Å². The maximum atomic E-state index is 12.5. The molecule has 0 aliphatic carbocycles. The number of carbonyl (C=O) groups excluding carboxylic acids is 1. The van der Waals surface area contributed by atoms with Crippen LogP contribution in [0.1, 0.15) is 23.2 Å². The van der Waals surface area contributed by atoms with Crippen molar-refractivity contribution < 1.29 is 4.79 Å². The van der Waals surface area contributed by atoms with Gasteiger partial charge >= 0.3 is 0 Å². The quantitative estimate of drug-likeness (QED) is 0.745. The van der Waals surface area contributed by atoms with Gasteiger partial charge in [-0.1, -0.05) is 12.1 Å². The van der Waals surface area contributed by atoms with Crippen molar-refractivity contribution in [1.29, 1.82) is 0 Å². The van der Waals surface area contributed by atoms with E-state index >= 15 is 0 Å². The Labute approximate surface area is 140 Å². The summed E-state index contributed by atoms with van der Waals surface area (Å²) in [6.07, 6.45) is 7.32. The highest BCUT2D eigenvalue weighted by Gasteiger charge is 2.24. The van der Waals surface area contributed by atoms with Crippen LogP contribution in [0.25, 0.3) is 11.0 Å². The molecular formula is C19H20N4O. The molecule has 3 aromatic rings. The van der Waals surface area contributed by atoms with Crippen LogP contribution in [0.5, 0.6) is 0 Å². The molecule has 0 saturated carbocycles. The van der Waals surface area contributed by atoms with Crippen LogP contribution in [-0.2, 0) is 6.54 Å². The molecule has 1 aliphatic heterocycles. The molecular weight excluding hydrogens is 300 g/mol. The average Bonchev–Trinajstić information content (AvgIpc) is 3.06. The third-order valence-electron chi connectivity index (χ3n) is 4.79. The molecule has 5 nitrogen and oxygen atoms in total. The zero-order valence-corrected chi connectivity index (χ0v) is 13.5. The molecule has 1 aromatic carbocycles. The van der Waals surface area contributed by atoms with E-state index < -0.39 is 0 Å². The Morgan fingerprint density at radius 2 is 1.96 bits per heavy atom. The number of piperidine rings is 1. The molecule has 0 N–H and O–H groups in total. The summed E-state index contributed by atoms with van der Waals surface area (Å²) < 4.78 is 2.23. The molecule has 4 rings (SSSR count). The highest BCUT2D eigenvalue weighted by molar-refractivity contribution is 5.93. The van der Waals surface area contributed by atoms with Crippen molar-refractivity contribution in [3.63, 3.8) is 0 Å². The van der Waals surface area contributed by atoms with E-state index in [4.69, 9.17) is 0 Å². The van der Waals surface area contributed by atoms with Crippen molar-refractivity contribution in [3.05, 3.63) is 60.7 Å². The number of hydrogen-bond donors (Lipinski definition) is 0. The molecule has 1 amide bonds. The van der Waals surface area contributed by atoms with Crippen LogP contribution in [0.3, 0.4) is 0 Å². The fraction of sp³-hybridized carbons (Fsp3) is 0.316. The van der Waals surface area contributed by atoms with Crippen molar-refractivity contribution in [3.8, 4) is 0 Å². The molecule has 3 heterocycles. The minimum atomic E-state index is 0.0923. The first-order valence-corrected chi connectivity index (χ1v) is 8.40. The van der Waals surface area contributed by atoms with Gasteiger partial charge in [-0.3, -0.25) is 9.78 Å². The van der Waals surface area contributed by atoms with E-state index in [1.54, 1.807) is 12.4 Å². The van der Waals surface area contributed by atoms with E-state index in [0.29, 0.717) is 11.5 Å². The first kappa shape index (κ1) is 14.9. The number of aromatic nitrogens is 3. The first-order valence-electron chi connectivity index (χ1n) is 8.40. The van der Waals surface area contributed by atoms with E-state index in [1.165, 1.54) is 5.52 Å². The standard InChI is InChI=1S/C19H20N4O/c24-19(16-4-3-9-20-12-16)22-10-7-15(8-11-22)13-23-14-21-17-5-1-2-6-18(17)23/h1-6,9,12,14-15H,7-8,10-11,13H2. The molecule has 1 aliphatic rings. The average molecular weight is 320 g/mol. The largest absolute Gasteiger partial charge is 0.339 e. The van der Waals surface area contributed by atoms with Crippen molar-refractivity contribution in [1.82, 2.24) is 19.4 Å². The molecule has 122 valence electrons. The molecule has 1 fully saturated rings. The Hall–Kier alpha value is -2.69. The second kappa shape index (κ2) is 6.43. The molecule has 1 saturated heterocycles. The zero-order chi connectivity index (χ0) is 16.4. The number of amides is 1. The molecule has 5 heteroatoms. The van der Waals surface area contributed by atoms with Crippen molar-refractivity contribution in [2.75, 3.05) is 13.1 Å². The molecule has 0 spiro atoms. The smallest absolute Gasteiger partial charge is 0.255 e. The van der Waals surface area contributed by atoms with Crippen LogP contribution < -0.4 is 0 Å². The topological polar surface area (TPSA) is 51.0 Å². The molecule has 0 atom stereocenters. The lowest BCUT2D eigenvalue weighted by Crippen LogP contribution is -2.39. The maximum absolute atomic E-state index is 12.5. The van der Waals surface area contributed by atoms with Gasteiger partial charge in [0, 0.05) is 32.0 Å². The Morgan fingerprint density at radius 1 is 1.12 bits per heavy atom. The van der Waals surface area contributed by atoms with Gasteiger partial charge in [0.2, 0.25) is 0 Å². The van der Waals surface area contributed by atoms with Gasteiger partial charge in [-0.05, 0) is 43.0 Å². The highest BCUT2D eigenvalue weighted by Crippen LogP contribution is 2.22. The lowest BCUT2D eigenvalue weighted by Gasteiger charge is -2.32. The van der Waals surface area contributed by atoms with Crippen LogP contribution >= 0.6 is 0 Å². The minimum absolute atomic E-state index is 0.0923. The number of nitrogens with zero attached hydrogens (tertiary/aromatic N) is 4. The van der Waals surface area contributed by atoms with Gasteiger partial charge in [0.25, 0.3) is 5.91 Å². The summed E-state index contributed by atoms with van der Waals surface area (Å²) in [5.74, 6) is 0.676. The molecule has 0 unspecified atom stereocenters. The van der Waals surface area contributed by atoms with Gasteiger partial charge in [0.15, 0.2) is 0 Å². The number of fused-ring (bicyclic) bond motifs is 1. The van der Waals surface area contributed by atoms with Crippen molar-refractivity contribution in [2.45, 2.75) is 19.4 Å². The fourth-order valence-electron chi connectivity index (χ4n) is 3.42. The highest BCUT2D eigenvalue weighted by atomic mass is 16.2. The molecule has 24 heavy (non-hydrogen) atoms. The van der Waals surface area contributed by atoms with Crippen LogP contribution in [0, 0.1) is 5.92 Å². The minimum Gasteiger partial charge on any atom is -0.339 e. The summed E-state index contributed by atoms with van der Waals surface area (Å²) >= 11 is 0. The summed E-state index contributed by atoms with van der Waals surface area (Å²) in [4.78, 5) is 22.9. The van der Waals surface area contributed by atoms with Gasteiger partial charge in [0.05, 0.1) is 22.9 Å². The number of para-hydroxylation sites is 2. The number of carbonyl (C=O) groups is 1. The third-order valence-corrected chi connectivity index (χ3v) is 4.79. The summed E-state index contributed by atoms with van der Waals surface area (Å²) in [5, 5.41) is 0. The van der Waals surface area contributed by atoms with Crippen molar-refractivity contribution >= 4 is 16.9 Å². The normalized spacial score (nSPS) is 15.8. The van der Waals surface area contributed by atoms with Gasteiger partial charge in [-0.2, -0.15) is 0 Å². The number of benzene rings is 1. The van der Waals surface area contributed by atoms with Gasteiger partial charge < -0.3 is 9.47 Å². The summed E-state index contributed by atoms with van der Waals surface area (Å²) in [6, 6.07) is 11.9. The molecule has 2 aromatic heterocycles. The number of pyridine rings is 1. The van der Waals surface area contributed by atoms with E-state index in [0.717, 1.165) is 38.0 Å². The predicted molar refractivity (Wildman–Crippen MR) is 92.6 cm³/mol. The summed E-state index contributed by atoms with van der Waals surface area (Å²) in [7, 11) is 0. The number of rotatable bonds is 3. The molecule has 0 bridgehead atoms. The van der Waals surface area contributed by atoms with E-state index in [9.17, 15) is 4.79 Å². The summed E-state index contributed by atoms with van der Waals surface area (Å²) in [6.45, 7) is 2.59. The summed E-state index contributed by atoms with van der Waals surface area (Å²) in [5.41, 5.74) is 2.91. The monoisotopic (exact) mass is 320 g/mol. The van der Waals surface area contributed by atoms with Gasteiger partial charge in [-0.15, -0.1) is 0 Å². The second-order valence-corrected chi connectivity index (χ2v) is 6.36. The van der Waals surface area contributed by atoms with Gasteiger partial charge in [0.1, 0.15) is 0 Å². The van der Waals surface area contributed by atoms with Crippen LogP contribution in [0.15, 0.2) is 55.1 Å². The Balaban J connectivity index is 1.39. The SMILES string of the molecule is O=C(c1cccnc1)N1CCC(Cn2cnc3ccccc32)CC1. The zero-order valence-electron chi connectivity index (χ0n) is 13.5. The number of likely N-dealkylation sites (tertiary alicyclic amines) is 1. The fourth-order valence-corrected chi connectivity index (χ4v) is 3.42. The maximum Gasteiger partial charge on any atom is 0.255 e. The van der Waals surface area contributed by atoms with Crippen LogP contribution in [-0.4, -0.2) is 38.4 Å². The second-order valence-electron chi connectivity index (χ2n) is 6.36. The number of imidazole rings is 1. The molecule has 0 radical (unpaired) electrons. The van der Waals surface area contributed by atoms with E-state index in [1.807, 2.05) is 35.5 Å². The van der Waals surface area contributed by atoms with Crippen LogP contribution in [0.4, 0.5) is 0 Å². The Morgan fingerprint density at radius 3 is 2.75 bits per heavy atom. The van der Waals surface area contributed by atoms with Crippen molar-refractivity contribution in [2.24, 2.45) is 5.92 Å². The third kappa shape index (κ3) is 2.89. The van der Waals surface area contributed by atoms with Gasteiger partial charge in [-0.25, -0.2) is 4.98 Å². The number of hydrogen-bond acceptors (Lipinski definition) is 3. The van der Waals surface area contributed by atoms with E-state index in [-0.39, 0.29) is 5.91 Å².